The third kappa shape index (κ3) is 5.71. The minimum Gasteiger partial charge on any atom is -0.362 e. The molecule has 0 aliphatic heterocycles. The van der Waals surface area contributed by atoms with Crippen molar-refractivity contribution in [3.8, 4) is 0 Å². The minimum absolute atomic E-state index is 0.501. The summed E-state index contributed by atoms with van der Waals surface area (Å²) in [6.07, 6.45) is 4.18. The molecule has 166 valence electrons. The smallest absolute Gasteiger partial charge is 0.231 e. The summed E-state index contributed by atoms with van der Waals surface area (Å²) >= 11 is 0. The lowest BCUT2D eigenvalue weighted by molar-refractivity contribution is 0.988. The van der Waals surface area contributed by atoms with Crippen LogP contribution in [0.3, 0.4) is 0 Å². The standard InChI is InChI=1S/C26H27N7/c1-19(21-14-16-27-17-15-21)31-32-24-23(18-20-10-6-4-7-11-20)25(33(2)3)30-26(29-24)28-22-12-8-5-9-13-22/h4-17H,18H2,1-3H3,(H2,28,29,30,32). The zero-order valence-electron chi connectivity index (χ0n) is 19.0. The average molecular weight is 438 g/mol. The molecule has 0 bridgehead atoms. The lowest BCUT2D eigenvalue weighted by atomic mass is 10.1. The summed E-state index contributed by atoms with van der Waals surface area (Å²) in [6, 6.07) is 24.0. The highest BCUT2D eigenvalue weighted by molar-refractivity contribution is 5.98. The number of rotatable bonds is 8. The fourth-order valence-electron chi connectivity index (χ4n) is 3.40. The van der Waals surface area contributed by atoms with Crippen LogP contribution in [0.1, 0.15) is 23.6 Å². The van der Waals surface area contributed by atoms with Crippen LogP contribution in [-0.2, 0) is 6.42 Å². The molecule has 0 aliphatic rings. The molecule has 0 unspecified atom stereocenters. The summed E-state index contributed by atoms with van der Waals surface area (Å²) in [5.41, 5.74) is 8.09. The predicted molar refractivity (Wildman–Crippen MR) is 135 cm³/mol. The second-order valence-corrected chi connectivity index (χ2v) is 7.79. The number of nitrogens with zero attached hydrogens (tertiary/aromatic N) is 5. The highest BCUT2D eigenvalue weighted by Crippen LogP contribution is 2.29. The number of para-hydroxylation sites is 1. The van der Waals surface area contributed by atoms with Gasteiger partial charge in [0.1, 0.15) is 5.82 Å². The van der Waals surface area contributed by atoms with Gasteiger partial charge in [0, 0.05) is 49.7 Å². The zero-order chi connectivity index (χ0) is 23.0. The van der Waals surface area contributed by atoms with Crippen LogP contribution < -0.4 is 15.6 Å². The van der Waals surface area contributed by atoms with Crippen LogP contribution in [0.25, 0.3) is 0 Å². The molecule has 7 nitrogen and oxygen atoms in total. The Hall–Kier alpha value is -4.26. The van der Waals surface area contributed by atoms with Crippen LogP contribution in [-0.4, -0.2) is 34.8 Å². The summed E-state index contributed by atoms with van der Waals surface area (Å²) in [4.78, 5) is 15.7. The molecule has 0 fully saturated rings. The lowest BCUT2D eigenvalue weighted by Gasteiger charge is -2.20. The molecular weight excluding hydrogens is 410 g/mol. The number of hydrazone groups is 1. The molecule has 0 radical (unpaired) electrons. The van der Waals surface area contributed by atoms with E-state index in [1.807, 2.05) is 86.6 Å². The van der Waals surface area contributed by atoms with Gasteiger partial charge in [0.05, 0.1) is 5.71 Å². The fraction of sp³-hybridized carbons (Fsp3) is 0.154. The number of anilines is 4. The predicted octanol–water partition coefficient (Wildman–Crippen LogP) is 5.11. The second-order valence-electron chi connectivity index (χ2n) is 7.79. The quantitative estimate of drug-likeness (QED) is 0.295. The first-order valence-corrected chi connectivity index (χ1v) is 10.7. The average Bonchev–Trinajstić information content (AvgIpc) is 2.85. The Bertz CT molecular complexity index is 1210. The van der Waals surface area contributed by atoms with Crippen molar-refractivity contribution in [1.29, 1.82) is 0 Å². The topological polar surface area (TPSA) is 78.3 Å². The fourth-order valence-corrected chi connectivity index (χ4v) is 3.40. The maximum Gasteiger partial charge on any atom is 0.231 e. The first-order chi connectivity index (χ1) is 16.1. The van der Waals surface area contributed by atoms with Crippen LogP contribution >= 0.6 is 0 Å². The van der Waals surface area contributed by atoms with Crippen molar-refractivity contribution >= 4 is 29.0 Å². The summed E-state index contributed by atoms with van der Waals surface area (Å²) < 4.78 is 0. The van der Waals surface area contributed by atoms with Crippen LogP contribution in [0, 0.1) is 0 Å². The van der Waals surface area contributed by atoms with Gasteiger partial charge < -0.3 is 10.2 Å². The molecule has 2 N–H and O–H groups in total. The van der Waals surface area contributed by atoms with E-state index in [4.69, 9.17) is 9.97 Å². The van der Waals surface area contributed by atoms with Crippen molar-refractivity contribution in [3.05, 3.63) is 102 Å². The molecule has 0 amide bonds. The lowest BCUT2D eigenvalue weighted by Crippen LogP contribution is -2.17. The normalized spacial score (nSPS) is 11.2. The molecule has 4 rings (SSSR count). The Morgan fingerprint density at radius 1 is 0.879 bits per heavy atom. The molecule has 0 atom stereocenters. The molecule has 2 aromatic heterocycles. The van der Waals surface area contributed by atoms with Crippen LogP contribution in [0.15, 0.2) is 90.3 Å². The number of hydrogen-bond acceptors (Lipinski definition) is 7. The molecule has 33 heavy (non-hydrogen) atoms. The van der Waals surface area contributed by atoms with E-state index in [9.17, 15) is 0 Å². The molecule has 2 heterocycles. The molecule has 0 spiro atoms. The molecular formula is C26H27N7. The summed E-state index contributed by atoms with van der Waals surface area (Å²) in [5, 5.41) is 7.92. The Kier molecular flexibility index (Phi) is 6.90. The first-order valence-electron chi connectivity index (χ1n) is 10.7. The van der Waals surface area contributed by atoms with E-state index in [1.165, 1.54) is 5.56 Å². The monoisotopic (exact) mass is 437 g/mol. The molecule has 0 saturated heterocycles. The van der Waals surface area contributed by atoms with E-state index in [0.717, 1.165) is 28.3 Å². The number of aromatic nitrogens is 3. The summed E-state index contributed by atoms with van der Waals surface area (Å²) in [5.74, 6) is 1.98. The molecule has 0 saturated carbocycles. The number of hydrogen-bond donors (Lipinski definition) is 2. The van der Waals surface area contributed by atoms with Crippen molar-refractivity contribution in [1.82, 2.24) is 15.0 Å². The van der Waals surface area contributed by atoms with Crippen molar-refractivity contribution in [2.75, 3.05) is 29.7 Å². The molecule has 4 aromatic rings. The number of benzene rings is 2. The third-order valence-electron chi connectivity index (χ3n) is 5.09. The van der Waals surface area contributed by atoms with Gasteiger partial charge in [-0.3, -0.25) is 10.4 Å². The van der Waals surface area contributed by atoms with Crippen molar-refractivity contribution < 1.29 is 0 Å². The Labute approximate surface area is 194 Å². The van der Waals surface area contributed by atoms with E-state index >= 15 is 0 Å². The van der Waals surface area contributed by atoms with Crippen LogP contribution in [0.5, 0.6) is 0 Å². The Morgan fingerprint density at radius 3 is 2.21 bits per heavy atom. The van der Waals surface area contributed by atoms with Gasteiger partial charge in [0.15, 0.2) is 5.82 Å². The van der Waals surface area contributed by atoms with Gasteiger partial charge in [-0.2, -0.15) is 15.1 Å². The maximum absolute atomic E-state index is 4.82. The third-order valence-corrected chi connectivity index (χ3v) is 5.09. The number of pyridine rings is 1. The van der Waals surface area contributed by atoms with Crippen molar-refractivity contribution in [2.24, 2.45) is 5.10 Å². The molecule has 2 aromatic carbocycles. The number of nitrogens with one attached hydrogen (secondary N) is 2. The summed E-state index contributed by atoms with van der Waals surface area (Å²) in [6.45, 7) is 1.95. The minimum atomic E-state index is 0.501. The largest absolute Gasteiger partial charge is 0.362 e. The van der Waals surface area contributed by atoms with Crippen molar-refractivity contribution in [2.45, 2.75) is 13.3 Å². The van der Waals surface area contributed by atoms with Gasteiger partial charge in [-0.05, 0) is 36.8 Å². The van der Waals surface area contributed by atoms with Crippen LogP contribution in [0.4, 0.5) is 23.3 Å². The van der Waals surface area contributed by atoms with E-state index in [1.54, 1.807) is 12.4 Å². The summed E-state index contributed by atoms with van der Waals surface area (Å²) in [7, 11) is 3.97. The maximum atomic E-state index is 4.82. The first kappa shape index (κ1) is 22.0. The van der Waals surface area contributed by atoms with E-state index in [0.29, 0.717) is 18.2 Å². The van der Waals surface area contributed by atoms with Crippen molar-refractivity contribution in [3.63, 3.8) is 0 Å². The van der Waals surface area contributed by atoms with Gasteiger partial charge in [-0.1, -0.05) is 48.5 Å². The van der Waals surface area contributed by atoms with E-state index in [2.05, 4.69) is 33.0 Å². The van der Waals surface area contributed by atoms with Crippen LogP contribution in [0.2, 0.25) is 0 Å². The zero-order valence-corrected chi connectivity index (χ0v) is 19.0. The Balaban J connectivity index is 1.75. The van der Waals surface area contributed by atoms with E-state index in [-0.39, 0.29) is 0 Å². The highest BCUT2D eigenvalue weighted by Gasteiger charge is 2.17. The Morgan fingerprint density at radius 2 is 1.55 bits per heavy atom. The van der Waals surface area contributed by atoms with Gasteiger partial charge >= 0.3 is 0 Å². The van der Waals surface area contributed by atoms with Gasteiger partial charge in [-0.15, -0.1) is 0 Å². The van der Waals surface area contributed by atoms with E-state index < -0.39 is 0 Å². The van der Waals surface area contributed by atoms with Gasteiger partial charge in [-0.25, -0.2) is 0 Å². The van der Waals surface area contributed by atoms with Gasteiger partial charge in [0.25, 0.3) is 0 Å². The second kappa shape index (κ2) is 10.4. The highest BCUT2D eigenvalue weighted by atomic mass is 15.3. The SMILES string of the molecule is CC(=NNc1nc(Nc2ccccc2)nc(N(C)C)c1Cc1ccccc1)c1ccncc1. The molecule has 7 heteroatoms. The molecule has 0 aliphatic carbocycles. The van der Waals surface area contributed by atoms with Gasteiger partial charge in [0.2, 0.25) is 5.95 Å².